The highest BCUT2D eigenvalue weighted by Gasteiger charge is 2.24. The van der Waals surface area contributed by atoms with Crippen molar-refractivity contribution in [3.05, 3.63) is 78.0 Å². The van der Waals surface area contributed by atoms with Gasteiger partial charge in [-0.3, -0.25) is 9.69 Å². The number of hydrogen-bond donors (Lipinski definition) is 2. The summed E-state index contributed by atoms with van der Waals surface area (Å²) in [7, 11) is 0. The van der Waals surface area contributed by atoms with E-state index < -0.39 is 0 Å². The Morgan fingerprint density at radius 1 is 1.06 bits per heavy atom. The van der Waals surface area contributed by atoms with E-state index in [2.05, 4.69) is 51.0 Å². The van der Waals surface area contributed by atoms with E-state index in [0.717, 1.165) is 61.4 Å². The number of benzene rings is 2. The average molecular weight is 478 g/mol. The number of hydrogen-bond acceptors (Lipinski definition) is 6. The first-order valence-electron chi connectivity index (χ1n) is 12.4. The van der Waals surface area contributed by atoms with Crippen molar-refractivity contribution in [2.45, 2.75) is 31.8 Å². The first-order chi connectivity index (χ1) is 17.6. The van der Waals surface area contributed by atoms with E-state index in [-0.39, 0.29) is 11.8 Å². The van der Waals surface area contributed by atoms with Crippen LogP contribution >= 0.6 is 0 Å². The molecular weight excluding hydrogens is 450 g/mol. The second-order valence-electron chi connectivity index (χ2n) is 9.62. The molecule has 1 amide bonds. The van der Waals surface area contributed by atoms with Gasteiger partial charge in [0.15, 0.2) is 5.65 Å². The van der Waals surface area contributed by atoms with Crippen LogP contribution in [0.15, 0.2) is 66.9 Å². The Morgan fingerprint density at radius 3 is 2.58 bits per heavy atom. The number of amides is 1. The fraction of sp³-hybridized carbons (Fsp3) is 0.286. The molecule has 1 aliphatic carbocycles. The number of carbonyl (C=O) groups excluding carboxylic acids is 1. The van der Waals surface area contributed by atoms with Gasteiger partial charge < -0.3 is 10.6 Å². The highest BCUT2D eigenvalue weighted by atomic mass is 16.1. The summed E-state index contributed by atoms with van der Waals surface area (Å²) in [4.78, 5) is 19.3. The Bertz CT molecular complexity index is 1430. The molecule has 2 aromatic carbocycles. The SMILES string of the molecule is N#C[C@H]1CCN(Cc2ccc(-c3cccn4nc(Nc5ccc(C(=O)NC6CC6)cc5)nc34)cc2)C1. The Labute approximate surface area is 209 Å². The molecule has 2 aliphatic rings. The molecule has 2 fully saturated rings. The first kappa shape index (κ1) is 22.3. The lowest BCUT2D eigenvalue weighted by molar-refractivity contribution is 0.0951. The summed E-state index contributed by atoms with van der Waals surface area (Å²) in [5.74, 6) is 0.620. The van der Waals surface area contributed by atoms with Crippen LogP contribution in [-0.2, 0) is 6.54 Å². The molecule has 4 aromatic rings. The number of rotatable bonds is 7. The predicted octanol–water partition coefficient (Wildman–Crippen LogP) is 4.38. The standard InChI is InChI=1S/C28H27N7O/c29-16-20-13-15-34(18-20)17-19-3-5-21(6-4-19)25-2-1-14-35-26(25)32-28(33-35)31-24-9-7-22(8-10-24)27(36)30-23-11-12-23/h1-10,14,20,23H,11-13,15,17-18H2,(H,30,36)(H,31,33)/t20-/m1/s1. The van der Waals surface area contributed by atoms with Gasteiger partial charge in [0, 0.05) is 42.1 Å². The van der Waals surface area contributed by atoms with Crippen LogP contribution < -0.4 is 10.6 Å². The van der Waals surface area contributed by atoms with Crippen molar-refractivity contribution in [2.75, 3.05) is 18.4 Å². The Morgan fingerprint density at radius 2 is 1.86 bits per heavy atom. The first-order valence-corrected chi connectivity index (χ1v) is 12.4. The van der Waals surface area contributed by atoms with Crippen molar-refractivity contribution in [1.82, 2.24) is 24.8 Å². The van der Waals surface area contributed by atoms with Gasteiger partial charge in [0.2, 0.25) is 5.95 Å². The van der Waals surface area contributed by atoms with Crippen LogP contribution in [0.2, 0.25) is 0 Å². The van der Waals surface area contributed by atoms with Gasteiger partial charge in [0.05, 0.1) is 12.0 Å². The lowest BCUT2D eigenvalue weighted by Crippen LogP contribution is -2.25. The molecule has 0 spiro atoms. The third kappa shape index (κ3) is 4.79. The van der Waals surface area contributed by atoms with Crippen LogP contribution in [0.25, 0.3) is 16.8 Å². The summed E-state index contributed by atoms with van der Waals surface area (Å²) < 4.78 is 1.77. The quantitative estimate of drug-likeness (QED) is 0.410. The van der Waals surface area contributed by atoms with E-state index in [1.54, 1.807) is 4.52 Å². The van der Waals surface area contributed by atoms with Crippen molar-refractivity contribution in [3.8, 4) is 17.2 Å². The monoisotopic (exact) mass is 477 g/mol. The third-order valence-corrected chi connectivity index (χ3v) is 6.80. The number of likely N-dealkylation sites (tertiary alicyclic amines) is 1. The van der Waals surface area contributed by atoms with Gasteiger partial charge in [-0.05, 0) is 73.3 Å². The van der Waals surface area contributed by atoms with E-state index >= 15 is 0 Å². The molecule has 0 unspecified atom stereocenters. The minimum Gasteiger partial charge on any atom is -0.349 e. The second kappa shape index (κ2) is 9.44. The topological polar surface area (TPSA) is 98.4 Å². The molecule has 8 nitrogen and oxygen atoms in total. The lowest BCUT2D eigenvalue weighted by Gasteiger charge is -2.15. The van der Waals surface area contributed by atoms with E-state index in [0.29, 0.717) is 17.6 Å². The van der Waals surface area contributed by atoms with Crippen molar-refractivity contribution >= 4 is 23.2 Å². The normalized spacial score (nSPS) is 17.7. The van der Waals surface area contributed by atoms with Crippen molar-refractivity contribution in [2.24, 2.45) is 5.92 Å². The fourth-order valence-corrected chi connectivity index (χ4v) is 4.64. The number of nitriles is 1. The molecule has 8 heteroatoms. The zero-order valence-electron chi connectivity index (χ0n) is 19.9. The van der Waals surface area contributed by atoms with Crippen molar-refractivity contribution in [3.63, 3.8) is 0 Å². The maximum absolute atomic E-state index is 12.2. The molecule has 3 heterocycles. The number of nitrogens with one attached hydrogen (secondary N) is 2. The summed E-state index contributed by atoms with van der Waals surface area (Å²) in [5.41, 5.74) is 5.55. The van der Waals surface area contributed by atoms with Crippen LogP contribution in [0, 0.1) is 17.2 Å². The highest BCUT2D eigenvalue weighted by molar-refractivity contribution is 5.95. The molecule has 180 valence electrons. The fourth-order valence-electron chi connectivity index (χ4n) is 4.64. The van der Waals surface area contributed by atoms with Gasteiger partial charge >= 0.3 is 0 Å². The number of nitrogens with zero attached hydrogens (tertiary/aromatic N) is 5. The van der Waals surface area contributed by atoms with E-state index in [1.165, 1.54) is 5.56 Å². The third-order valence-electron chi connectivity index (χ3n) is 6.80. The average Bonchev–Trinajstić information content (AvgIpc) is 3.43. The maximum Gasteiger partial charge on any atom is 0.251 e. The smallest absolute Gasteiger partial charge is 0.251 e. The predicted molar refractivity (Wildman–Crippen MR) is 138 cm³/mol. The molecule has 0 radical (unpaired) electrons. The van der Waals surface area contributed by atoms with Crippen LogP contribution in [0.3, 0.4) is 0 Å². The molecule has 2 aromatic heterocycles. The summed E-state index contributed by atoms with van der Waals surface area (Å²) >= 11 is 0. The summed E-state index contributed by atoms with van der Waals surface area (Å²) in [6.45, 7) is 2.69. The summed E-state index contributed by atoms with van der Waals surface area (Å²) in [6, 6.07) is 22.6. The van der Waals surface area contributed by atoms with Crippen LogP contribution in [0.1, 0.15) is 35.2 Å². The van der Waals surface area contributed by atoms with Crippen molar-refractivity contribution in [1.29, 1.82) is 5.26 Å². The van der Waals surface area contributed by atoms with E-state index in [4.69, 9.17) is 10.2 Å². The minimum atomic E-state index is -0.0302. The number of aromatic nitrogens is 3. The molecular formula is C28H27N7O. The number of carbonyl (C=O) groups is 1. The second-order valence-corrected chi connectivity index (χ2v) is 9.62. The molecule has 1 saturated heterocycles. The Balaban J connectivity index is 1.16. The van der Waals surface area contributed by atoms with Crippen LogP contribution in [0.4, 0.5) is 11.6 Å². The zero-order chi connectivity index (χ0) is 24.5. The molecule has 36 heavy (non-hydrogen) atoms. The number of anilines is 2. The molecule has 1 saturated carbocycles. The number of pyridine rings is 1. The summed E-state index contributed by atoms with van der Waals surface area (Å²) in [5, 5.41) is 20.0. The van der Waals surface area contributed by atoms with Gasteiger partial charge in [0.1, 0.15) is 0 Å². The van der Waals surface area contributed by atoms with E-state index in [1.807, 2.05) is 42.6 Å². The molecule has 0 bridgehead atoms. The maximum atomic E-state index is 12.2. The summed E-state index contributed by atoms with van der Waals surface area (Å²) in [6.07, 6.45) is 4.98. The van der Waals surface area contributed by atoms with Gasteiger partial charge in [-0.2, -0.15) is 10.2 Å². The van der Waals surface area contributed by atoms with Gasteiger partial charge in [-0.25, -0.2) is 4.52 Å². The Kier molecular flexibility index (Phi) is 5.84. The van der Waals surface area contributed by atoms with Gasteiger partial charge in [-0.15, -0.1) is 5.10 Å². The molecule has 1 aliphatic heterocycles. The zero-order valence-corrected chi connectivity index (χ0v) is 19.9. The highest BCUT2D eigenvalue weighted by Crippen LogP contribution is 2.26. The van der Waals surface area contributed by atoms with Crippen LogP contribution in [0.5, 0.6) is 0 Å². The van der Waals surface area contributed by atoms with Crippen molar-refractivity contribution < 1.29 is 4.79 Å². The molecule has 1 atom stereocenters. The minimum absolute atomic E-state index is 0.0302. The number of fused-ring (bicyclic) bond motifs is 1. The van der Waals surface area contributed by atoms with Crippen LogP contribution in [-0.4, -0.2) is 44.5 Å². The molecule has 2 N–H and O–H groups in total. The van der Waals surface area contributed by atoms with Gasteiger partial charge in [-0.1, -0.05) is 24.3 Å². The Hall–Kier alpha value is -4.22. The largest absolute Gasteiger partial charge is 0.349 e. The van der Waals surface area contributed by atoms with Gasteiger partial charge in [0.25, 0.3) is 5.91 Å². The lowest BCUT2D eigenvalue weighted by atomic mass is 10.0. The van der Waals surface area contributed by atoms with E-state index in [9.17, 15) is 4.79 Å². The molecule has 6 rings (SSSR count).